The van der Waals surface area contributed by atoms with Crippen LogP contribution in [0.5, 0.6) is 0 Å². The number of anilines is 1. The number of halogens is 2. The molecule has 0 unspecified atom stereocenters. The molecule has 0 radical (unpaired) electrons. The van der Waals surface area contributed by atoms with Gasteiger partial charge < -0.3 is 9.73 Å². The Kier molecular flexibility index (Phi) is 4.07. The Morgan fingerprint density at radius 1 is 1.29 bits per heavy atom. The van der Waals surface area contributed by atoms with Crippen molar-refractivity contribution in [2.24, 2.45) is 0 Å². The van der Waals surface area contributed by atoms with Crippen LogP contribution in [0.15, 0.2) is 44.2 Å². The van der Waals surface area contributed by atoms with Gasteiger partial charge in [-0.1, -0.05) is 0 Å². The largest absolute Gasteiger partial charge is 0.451 e. The van der Waals surface area contributed by atoms with Crippen LogP contribution < -0.4 is 5.32 Å². The summed E-state index contributed by atoms with van der Waals surface area (Å²) in [6, 6.07) is 7.93. The summed E-state index contributed by atoms with van der Waals surface area (Å²) in [5, 5.41) is 14.5. The second-order valence-corrected chi connectivity index (χ2v) is 6.02. The molecule has 1 N–H and O–H groups in total. The molecule has 0 spiro atoms. The first-order valence-corrected chi connectivity index (χ1v) is 7.73. The topological polar surface area (TPSA) is 68.8 Å². The molecule has 0 aliphatic heterocycles. The first kappa shape index (κ1) is 14.3. The maximum absolute atomic E-state index is 5.53. The van der Waals surface area contributed by atoms with E-state index in [2.05, 4.69) is 52.7 Å². The molecule has 0 amide bonds. The van der Waals surface area contributed by atoms with E-state index in [1.807, 2.05) is 31.2 Å². The second kappa shape index (κ2) is 5.98. The van der Waals surface area contributed by atoms with Crippen molar-refractivity contribution in [3.8, 4) is 5.69 Å². The summed E-state index contributed by atoms with van der Waals surface area (Å²) < 4.78 is 8.77. The fourth-order valence-electron chi connectivity index (χ4n) is 1.96. The summed E-state index contributed by atoms with van der Waals surface area (Å²) in [7, 11) is 0. The van der Waals surface area contributed by atoms with Crippen LogP contribution in [0.4, 0.5) is 5.69 Å². The highest BCUT2D eigenvalue weighted by Gasteiger charge is 2.07. The van der Waals surface area contributed by atoms with Crippen LogP contribution in [-0.4, -0.2) is 20.2 Å². The zero-order valence-electron chi connectivity index (χ0n) is 11.0. The Morgan fingerprint density at radius 2 is 2.14 bits per heavy atom. The van der Waals surface area contributed by atoms with Crippen LogP contribution in [0.2, 0.25) is 0 Å². The van der Waals surface area contributed by atoms with Gasteiger partial charge in [0.05, 0.1) is 16.7 Å². The Balaban J connectivity index is 1.73. The number of aryl methyl sites for hydroxylation is 1. The lowest BCUT2D eigenvalue weighted by Crippen LogP contribution is -2.01. The third kappa shape index (κ3) is 3.16. The van der Waals surface area contributed by atoms with E-state index in [1.165, 1.54) is 0 Å². The van der Waals surface area contributed by atoms with Gasteiger partial charge >= 0.3 is 0 Å². The molecule has 3 aromatic rings. The number of hydrogen-bond acceptors (Lipinski definition) is 5. The minimum Gasteiger partial charge on any atom is -0.451 e. The van der Waals surface area contributed by atoms with E-state index in [4.69, 9.17) is 4.42 Å². The Hall–Kier alpha value is -1.67. The van der Waals surface area contributed by atoms with Crippen LogP contribution in [0.25, 0.3) is 5.69 Å². The molecule has 2 aromatic heterocycles. The smallest absolute Gasteiger partial charge is 0.183 e. The number of nitrogens with one attached hydrogen (secondary N) is 1. The zero-order valence-corrected chi connectivity index (χ0v) is 14.2. The minimum atomic E-state index is 0.605. The summed E-state index contributed by atoms with van der Waals surface area (Å²) >= 11 is 6.72. The van der Waals surface area contributed by atoms with E-state index >= 15 is 0 Å². The molecule has 0 saturated carbocycles. The number of aromatic nitrogens is 4. The summed E-state index contributed by atoms with van der Waals surface area (Å²) in [5.74, 6) is 0.843. The highest BCUT2D eigenvalue weighted by molar-refractivity contribution is 9.13. The number of nitrogens with zero attached hydrogens (tertiary/aromatic N) is 4. The van der Waals surface area contributed by atoms with Crippen LogP contribution >= 0.6 is 31.9 Å². The van der Waals surface area contributed by atoms with Gasteiger partial charge in [0.25, 0.3) is 0 Å². The van der Waals surface area contributed by atoms with Crippen molar-refractivity contribution < 1.29 is 4.42 Å². The Bertz CT molecular complexity index is 735. The molecule has 0 aliphatic rings. The van der Waals surface area contributed by atoms with Gasteiger partial charge in [-0.2, -0.15) is 0 Å². The van der Waals surface area contributed by atoms with Crippen molar-refractivity contribution in [3.05, 3.63) is 51.1 Å². The van der Waals surface area contributed by atoms with E-state index in [9.17, 15) is 0 Å². The van der Waals surface area contributed by atoms with Gasteiger partial charge in [-0.25, -0.2) is 4.68 Å². The molecule has 108 valence electrons. The number of tetrazole rings is 1. The number of furan rings is 1. The van der Waals surface area contributed by atoms with Crippen molar-refractivity contribution in [3.63, 3.8) is 0 Å². The molecule has 0 bridgehead atoms. The molecule has 1 aromatic carbocycles. The van der Waals surface area contributed by atoms with Crippen molar-refractivity contribution in [2.75, 3.05) is 5.32 Å². The molecule has 0 saturated heterocycles. The van der Waals surface area contributed by atoms with Crippen LogP contribution in [-0.2, 0) is 6.54 Å². The molecular formula is C13H11Br2N5O. The molecule has 2 heterocycles. The lowest BCUT2D eigenvalue weighted by Gasteiger charge is -2.09. The quantitative estimate of drug-likeness (QED) is 0.707. The molecule has 3 rings (SSSR count). The number of rotatable bonds is 4. The first-order valence-electron chi connectivity index (χ1n) is 6.15. The average Bonchev–Trinajstić information content (AvgIpc) is 3.08. The highest BCUT2D eigenvalue weighted by atomic mass is 79.9. The van der Waals surface area contributed by atoms with Gasteiger partial charge in [0.15, 0.2) is 4.67 Å². The summed E-state index contributed by atoms with van der Waals surface area (Å²) in [6.07, 6.45) is 1.58. The normalized spacial score (nSPS) is 10.8. The van der Waals surface area contributed by atoms with Gasteiger partial charge in [-0.3, -0.25) is 0 Å². The van der Waals surface area contributed by atoms with Crippen molar-refractivity contribution in [2.45, 2.75) is 13.5 Å². The Labute approximate surface area is 137 Å². The first-order chi connectivity index (χ1) is 10.1. The van der Waals surface area contributed by atoms with Gasteiger partial charge in [-0.05, 0) is 79.0 Å². The summed E-state index contributed by atoms with van der Waals surface area (Å²) in [4.78, 5) is 0. The van der Waals surface area contributed by atoms with Crippen LogP contribution in [0.1, 0.15) is 11.3 Å². The Morgan fingerprint density at radius 3 is 2.76 bits per heavy atom. The molecule has 8 heteroatoms. The monoisotopic (exact) mass is 411 g/mol. The molecular weight excluding hydrogens is 402 g/mol. The maximum Gasteiger partial charge on any atom is 0.183 e. The van der Waals surface area contributed by atoms with Crippen molar-refractivity contribution in [1.29, 1.82) is 0 Å². The third-order valence-corrected chi connectivity index (χ3v) is 4.67. The van der Waals surface area contributed by atoms with Gasteiger partial charge in [0.2, 0.25) is 0 Å². The SMILES string of the molecule is Cc1cc(NCc2cc(Br)c(Br)o2)ccc1-n1cnnn1. The number of hydrogen-bond donors (Lipinski definition) is 1. The van der Waals surface area contributed by atoms with Crippen LogP contribution in [0.3, 0.4) is 0 Å². The van der Waals surface area contributed by atoms with E-state index in [1.54, 1.807) is 11.0 Å². The zero-order chi connectivity index (χ0) is 14.8. The molecule has 21 heavy (non-hydrogen) atoms. The summed E-state index contributed by atoms with van der Waals surface area (Å²) in [5.41, 5.74) is 3.04. The van der Waals surface area contributed by atoms with E-state index in [0.29, 0.717) is 11.2 Å². The number of benzene rings is 1. The fraction of sp³-hybridized carbons (Fsp3) is 0.154. The van der Waals surface area contributed by atoms with Crippen molar-refractivity contribution in [1.82, 2.24) is 20.2 Å². The maximum atomic E-state index is 5.53. The van der Waals surface area contributed by atoms with Crippen molar-refractivity contribution >= 4 is 37.5 Å². The second-order valence-electron chi connectivity index (χ2n) is 4.44. The predicted octanol–water partition coefficient (Wildman–Crippen LogP) is 3.70. The van der Waals surface area contributed by atoms with Gasteiger partial charge in [0, 0.05) is 5.69 Å². The minimum absolute atomic E-state index is 0.605. The van der Waals surface area contributed by atoms with Crippen LogP contribution in [0, 0.1) is 6.92 Å². The summed E-state index contributed by atoms with van der Waals surface area (Å²) in [6.45, 7) is 2.62. The lowest BCUT2D eigenvalue weighted by molar-refractivity contribution is 0.494. The van der Waals surface area contributed by atoms with E-state index in [0.717, 1.165) is 27.2 Å². The molecule has 0 aliphatic carbocycles. The lowest BCUT2D eigenvalue weighted by atomic mass is 10.2. The fourth-order valence-corrected chi connectivity index (χ4v) is 2.62. The standard InChI is InChI=1S/C13H11Br2N5O/c1-8-4-9(2-3-12(8)20-7-17-18-19-20)16-6-10-5-11(14)13(15)21-10/h2-5,7,16H,6H2,1H3. The average molecular weight is 413 g/mol. The molecule has 0 fully saturated rings. The highest BCUT2D eigenvalue weighted by Crippen LogP contribution is 2.27. The predicted molar refractivity (Wildman–Crippen MR) is 85.3 cm³/mol. The van der Waals surface area contributed by atoms with Gasteiger partial charge in [-0.15, -0.1) is 5.10 Å². The van der Waals surface area contributed by atoms with E-state index in [-0.39, 0.29) is 0 Å². The van der Waals surface area contributed by atoms with Gasteiger partial charge in [0.1, 0.15) is 12.1 Å². The third-order valence-electron chi connectivity index (χ3n) is 2.96. The molecule has 6 nitrogen and oxygen atoms in total. The molecule has 0 atom stereocenters. The van der Waals surface area contributed by atoms with E-state index < -0.39 is 0 Å².